The highest BCUT2D eigenvalue weighted by atomic mass is 32.1. The van der Waals surface area contributed by atoms with Crippen LogP contribution in [0.5, 0.6) is 0 Å². The van der Waals surface area contributed by atoms with Crippen LogP contribution >= 0.6 is 11.5 Å². The number of nitrogens with zero attached hydrogens (tertiary/aromatic N) is 2. The molecule has 0 aliphatic carbocycles. The van der Waals surface area contributed by atoms with Gasteiger partial charge in [0.05, 0.1) is 0 Å². The Balaban J connectivity index is 2.00. The molecule has 0 amide bonds. The Hall–Kier alpha value is -1.26. The van der Waals surface area contributed by atoms with Crippen molar-refractivity contribution in [3.05, 3.63) is 35.2 Å². The second-order valence-corrected chi connectivity index (χ2v) is 4.34. The molecule has 84 valence electrons. The first kappa shape index (κ1) is 11.2. The third kappa shape index (κ3) is 2.87. The number of rotatable bonds is 5. The molecule has 1 heterocycles. The van der Waals surface area contributed by atoms with E-state index in [-0.39, 0.29) is 0 Å². The highest BCUT2D eigenvalue weighted by molar-refractivity contribution is 7.03. The Morgan fingerprint density at radius 2 is 1.94 bits per heavy atom. The third-order valence-corrected chi connectivity index (χ3v) is 3.03. The monoisotopic (exact) mass is 233 g/mol. The molecule has 3 nitrogen and oxygen atoms in total. The van der Waals surface area contributed by atoms with Crippen LogP contribution in [0.1, 0.15) is 18.4 Å². The van der Waals surface area contributed by atoms with E-state index in [1.165, 1.54) is 17.1 Å². The highest BCUT2D eigenvalue weighted by Crippen LogP contribution is 2.18. The lowest BCUT2D eigenvalue weighted by atomic mass is 10.1. The van der Waals surface area contributed by atoms with Crippen LogP contribution in [0.4, 0.5) is 0 Å². The average Bonchev–Trinajstić information content (AvgIpc) is 2.84. The summed E-state index contributed by atoms with van der Waals surface area (Å²) in [5.74, 6) is 0. The fourth-order valence-electron chi connectivity index (χ4n) is 1.61. The molecular weight excluding hydrogens is 218 g/mol. The Labute approximate surface area is 99.5 Å². The average molecular weight is 233 g/mol. The SMILES string of the molecule is NCCCCc1ccc(-c2csnn2)cc1. The smallest absolute Gasteiger partial charge is 0.105 e. The molecular formula is C12H15N3S. The van der Waals surface area contributed by atoms with E-state index in [9.17, 15) is 0 Å². The molecule has 4 heteroatoms. The van der Waals surface area contributed by atoms with Crippen LogP contribution < -0.4 is 5.73 Å². The number of aryl methyl sites for hydroxylation is 1. The molecule has 0 atom stereocenters. The van der Waals surface area contributed by atoms with E-state index < -0.39 is 0 Å². The van der Waals surface area contributed by atoms with Gasteiger partial charge in [0.25, 0.3) is 0 Å². The van der Waals surface area contributed by atoms with Crippen LogP contribution in [0.25, 0.3) is 11.3 Å². The fraction of sp³-hybridized carbons (Fsp3) is 0.333. The molecule has 16 heavy (non-hydrogen) atoms. The van der Waals surface area contributed by atoms with E-state index in [2.05, 4.69) is 33.9 Å². The van der Waals surface area contributed by atoms with E-state index in [0.29, 0.717) is 0 Å². The number of unbranched alkanes of at least 4 members (excludes halogenated alkanes) is 1. The zero-order valence-electron chi connectivity index (χ0n) is 9.10. The predicted octanol–water partition coefficient (Wildman–Crippen LogP) is 2.49. The normalized spacial score (nSPS) is 10.6. The van der Waals surface area contributed by atoms with Gasteiger partial charge in [-0.1, -0.05) is 28.8 Å². The van der Waals surface area contributed by atoms with Crippen LogP contribution in [-0.2, 0) is 6.42 Å². The molecule has 0 saturated heterocycles. The summed E-state index contributed by atoms with van der Waals surface area (Å²) in [5, 5.41) is 6.01. The lowest BCUT2D eigenvalue weighted by Crippen LogP contribution is -1.98. The van der Waals surface area contributed by atoms with Gasteiger partial charge >= 0.3 is 0 Å². The lowest BCUT2D eigenvalue weighted by molar-refractivity contribution is 0.745. The molecule has 0 aliphatic heterocycles. The van der Waals surface area contributed by atoms with Gasteiger partial charge in [-0.2, -0.15) is 0 Å². The standard InChI is InChI=1S/C12H15N3S/c13-8-2-1-3-10-4-6-11(7-5-10)12-9-16-15-14-12/h4-7,9H,1-3,8,13H2. The van der Waals surface area contributed by atoms with E-state index in [1.54, 1.807) is 0 Å². The minimum absolute atomic E-state index is 0.780. The molecule has 0 fully saturated rings. The molecule has 0 aliphatic rings. The number of benzene rings is 1. The highest BCUT2D eigenvalue weighted by Gasteiger charge is 2.00. The van der Waals surface area contributed by atoms with Gasteiger partial charge in [-0.05, 0) is 42.9 Å². The van der Waals surface area contributed by atoms with E-state index in [1.807, 2.05) is 5.38 Å². The molecule has 2 N–H and O–H groups in total. The molecule has 0 radical (unpaired) electrons. The zero-order chi connectivity index (χ0) is 11.2. The van der Waals surface area contributed by atoms with Crippen LogP contribution in [0, 0.1) is 0 Å². The van der Waals surface area contributed by atoms with Gasteiger partial charge < -0.3 is 5.73 Å². The first-order valence-corrected chi connectivity index (χ1v) is 6.30. The Morgan fingerprint density at radius 1 is 1.12 bits per heavy atom. The Kier molecular flexibility index (Phi) is 4.02. The zero-order valence-corrected chi connectivity index (χ0v) is 9.91. The quantitative estimate of drug-likeness (QED) is 0.807. The summed E-state index contributed by atoms with van der Waals surface area (Å²) in [5.41, 5.74) is 8.92. The minimum Gasteiger partial charge on any atom is -0.330 e. The van der Waals surface area contributed by atoms with Crippen molar-refractivity contribution in [1.82, 2.24) is 9.59 Å². The van der Waals surface area contributed by atoms with Crippen molar-refractivity contribution in [2.75, 3.05) is 6.54 Å². The molecule has 1 aromatic heterocycles. The molecule has 2 rings (SSSR count). The molecule has 0 spiro atoms. The Morgan fingerprint density at radius 3 is 2.56 bits per heavy atom. The van der Waals surface area contributed by atoms with Crippen molar-refractivity contribution in [2.45, 2.75) is 19.3 Å². The van der Waals surface area contributed by atoms with Crippen molar-refractivity contribution in [1.29, 1.82) is 0 Å². The summed E-state index contributed by atoms with van der Waals surface area (Å²) < 4.78 is 3.86. The summed E-state index contributed by atoms with van der Waals surface area (Å²) in [6.45, 7) is 0.780. The van der Waals surface area contributed by atoms with Crippen LogP contribution in [-0.4, -0.2) is 16.1 Å². The van der Waals surface area contributed by atoms with Crippen LogP contribution in [0.2, 0.25) is 0 Å². The van der Waals surface area contributed by atoms with Gasteiger partial charge in [0, 0.05) is 10.9 Å². The maximum absolute atomic E-state index is 5.47. The molecule has 0 bridgehead atoms. The first-order valence-electron chi connectivity index (χ1n) is 5.46. The van der Waals surface area contributed by atoms with E-state index >= 15 is 0 Å². The van der Waals surface area contributed by atoms with E-state index in [4.69, 9.17) is 5.73 Å². The van der Waals surface area contributed by atoms with Crippen molar-refractivity contribution >= 4 is 11.5 Å². The summed E-state index contributed by atoms with van der Waals surface area (Å²) in [6.07, 6.45) is 3.36. The van der Waals surface area contributed by atoms with Gasteiger partial charge in [0.1, 0.15) is 5.69 Å². The third-order valence-electron chi connectivity index (χ3n) is 2.53. The number of hydrogen-bond acceptors (Lipinski definition) is 4. The van der Waals surface area contributed by atoms with Crippen LogP contribution in [0.3, 0.4) is 0 Å². The van der Waals surface area contributed by atoms with Crippen molar-refractivity contribution in [3.63, 3.8) is 0 Å². The minimum atomic E-state index is 0.780. The van der Waals surface area contributed by atoms with Gasteiger partial charge in [-0.25, -0.2) is 0 Å². The lowest BCUT2D eigenvalue weighted by Gasteiger charge is -2.01. The number of aromatic nitrogens is 2. The van der Waals surface area contributed by atoms with Crippen molar-refractivity contribution in [2.24, 2.45) is 5.73 Å². The topological polar surface area (TPSA) is 51.8 Å². The molecule has 0 saturated carbocycles. The molecule has 0 unspecified atom stereocenters. The number of hydrogen-bond donors (Lipinski definition) is 1. The fourth-order valence-corrected chi connectivity index (χ4v) is 2.07. The van der Waals surface area contributed by atoms with Crippen LogP contribution in [0.15, 0.2) is 29.6 Å². The molecule has 1 aromatic carbocycles. The maximum atomic E-state index is 5.47. The summed E-state index contributed by atoms with van der Waals surface area (Å²) in [7, 11) is 0. The van der Waals surface area contributed by atoms with Gasteiger partial charge in [-0.15, -0.1) is 5.10 Å². The van der Waals surface area contributed by atoms with Gasteiger partial charge in [-0.3, -0.25) is 0 Å². The second-order valence-electron chi connectivity index (χ2n) is 3.73. The Bertz CT molecular complexity index is 408. The maximum Gasteiger partial charge on any atom is 0.105 e. The van der Waals surface area contributed by atoms with E-state index in [0.717, 1.165) is 37.1 Å². The van der Waals surface area contributed by atoms with Gasteiger partial charge in [0.15, 0.2) is 0 Å². The predicted molar refractivity (Wildman–Crippen MR) is 67.3 cm³/mol. The van der Waals surface area contributed by atoms with Crippen molar-refractivity contribution < 1.29 is 0 Å². The molecule has 2 aromatic rings. The summed E-state index contributed by atoms with van der Waals surface area (Å²) in [6, 6.07) is 8.53. The number of nitrogens with two attached hydrogens (primary N) is 1. The first-order chi connectivity index (χ1) is 7.90. The summed E-state index contributed by atoms with van der Waals surface area (Å²) in [4.78, 5) is 0. The van der Waals surface area contributed by atoms with Crippen molar-refractivity contribution in [3.8, 4) is 11.3 Å². The summed E-state index contributed by atoms with van der Waals surface area (Å²) >= 11 is 1.38. The largest absolute Gasteiger partial charge is 0.330 e. The van der Waals surface area contributed by atoms with Gasteiger partial charge in [0.2, 0.25) is 0 Å². The second kappa shape index (κ2) is 5.72.